The Labute approximate surface area is 122 Å². The Morgan fingerprint density at radius 1 is 1.35 bits per heavy atom. The highest BCUT2D eigenvalue weighted by atomic mass is 16.5. The molecule has 0 aromatic heterocycles. The SMILES string of the molecule is CCCOc1cc(N)cc(NC2CCCN(CC)C2)c1. The van der Waals surface area contributed by atoms with E-state index < -0.39 is 0 Å². The van der Waals surface area contributed by atoms with Gasteiger partial charge in [-0.15, -0.1) is 0 Å². The van der Waals surface area contributed by atoms with Crippen molar-refractivity contribution in [3.63, 3.8) is 0 Å². The van der Waals surface area contributed by atoms with Crippen LogP contribution in [-0.4, -0.2) is 37.2 Å². The lowest BCUT2D eigenvalue weighted by molar-refractivity contribution is 0.227. The zero-order chi connectivity index (χ0) is 14.4. The summed E-state index contributed by atoms with van der Waals surface area (Å²) in [5, 5.41) is 3.60. The number of nitrogens with two attached hydrogens (primary N) is 1. The Hall–Kier alpha value is -1.42. The quantitative estimate of drug-likeness (QED) is 0.785. The number of likely N-dealkylation sites (N-methyl/N-ethyl adjacent to an activating group) is 1. The molecule has 0 amide bonds. The summed E-state index contributed by atoms with van der Waals surface area (Å²) < 4.78 is 5.68. The number of benzene rings is 1. The summed E-state index contributed by atoms with van der Waals surface area (Å²) in [6, 6.07) is 6.44. The standard InChI is InChI=1S/C16H27N3O/c1-3-8-20-16-10-13(17)9-15(11-16)18-14-6-5-7-19(4-2)12-14/h9-11,14,18H,3-8,12,17H2,1-2H3. The molecule has 0 radical (unpaired) electrons. The van der Waals surface area contributed by atoms with Gasteiger partial charge in [0.15, 0.2) is 0 Å². The molecule has 0 bridgehead atoms. The lowest BCUT2D eigenvalue weighted by Gasteiger charge is -2.33. The number of rotatable bonds is 6. The van der Waals surface area contributed by atoms with Crippen molar-refractivity contribution in [3.8, 4) is 5.75 Å². The first-order valence-electron chi connectivity index (χ1n) is 7.73. The van der Waals surface area contributed by atoms with Gasteiger partial charge in [-0.2, -0.15) is 0 Å². The first kappa shape index (κ1) is 15.0. The molecule has 0 spiro atoms. The fraction of sp³-hybridized carbons (Fsp3) is 0.625. The van der Waals surface area contributed by atoms with Crippen molar-refractivity contribution in [1.29, 1.82) is 0 Å². The van der Waals surface area contributed by atoms with E-state index in [1.54, 1.807) is 0 Å². The van der Waals surface area contributed by atoms with Crippen LogP contribution in [0.25, 0.3) is 0 Å². The minimum atomic E-state index is 0.504. The van der Waals surface area contributed by atoms with Gasteiger partial charge in [-0.1, -0.05) is 13.8 Å². The number of nitrogens with zero attached hydrogens (tertiary/aromatic N) is 1. The van der Waals surface area contributed by atoms with E-state index in [4.69, 9.17) is 10.5 Å². The van der Waals surface area contributed by atoms with Crippen molar-refractivity contribution in [2.75, 3.05) is 37.3 Å². The van der Waals surface area contributed by atoms with E-state index in [-0.39, 0.29) is 0 Å². The van der Waals surface area contributed by atoms with Crippen LogP contribution < -0.4 is 15.8 Å². The van der Waals surface area contributed by atoms with Crippen LogP contribution in [0.1, 0.15) is 33.1 Å². The molecule has 1 heterocycles. The van der Waals surface area contributed by atoms with Gasteiger partial charge >= 0.3 is 0 Å². The summed E-state index contributed by atoms with van der Waals surface area (Å²) in [6.45, 7) is 8.51. The molecule has 2 rings (SSSR count). The number of piperidine rings is 1. The zero-order valence-electron chi connectivity index (χ0n) is 12.7. The molecule has 1 aliphatic heterocycles. The Morgan fingerprint density at radius 2 is 2.20 bits per heavy atom. The highest BCUT2D eigenvalue weighted by Gasteiger charge is 2.18. The molecule has 112 valence electrons. The maximum absolute atomic E-state index is 5.96. The second-order valence-electron chi connectivity index (χ2n) is 5.52. The molecule has 1 unspecified atom stereocenters. The first-order chi connectivity index (χ1) is 9.71. The van der Waals surface area contributed by atoms with Crippen LogP contribution in [0.5, 0.6) is 5.75 Å². The third-order valence-corrected chi connectivity index (χ3v) is 3.73. The average Bonchev–Trinajstić information content (AvgIpc) is 2.44. The van der Waals surface area contributed by atoms with Gasteiger partial charge in [0.25, 0.3) is 0 Å². The van der Waals surface area contributed by atoms with Crippen LogP contribution in [0.2, 0.25) is 0 Å². The van der Waals surface area contributed by atoms with Crippen LogP contribution in [0, 0.1) is 0 Å². The maximum atomic E-state index is 5.96. The van der Waals surface area contributed by atoms with Gasteiger partial charge in [0.05, 0.1) is 6.61 Å². The number of likely N-dealkylation sites (tertiary alicyclic amines) is 1. The van der Waals surface area contributed by atoms with E-state index in [0.29, 0.717) is 6.04 Å². The molecule has 1 fully saturated rings. The highest BCUT2D eigenvalue weighted by Crippen LogP contribution is 2.24. The summed E-state index contributed by atoms with van der Waals surface area (Å²) in [7, 11) is 0. The number of nitrogens with one attached hydrogen (secondary N) is 1. The van der Waals surface area contributed by atoms with Crippen LogP contribution >= 0.6 is 0 Å². The van der Waals surface area contributed by atoms with E-state index in [2.05, 4.69) is 30.1 Å². The van der Waals surface area contributed by atoms with E-state index in [9.17, 15) is 0 Å². The number of anilines is 2. The molecule has 0 aliphatic carbocycles. The Bertz CT molecular complexity index is 422. The fourth-order valence-electron chi connectivity index (χ4n) is 2.70. The largest absolute Gasteiger partial charge is 0.493 e. The van der Waals surface area contributed by atoms with Crippen molar-refractivity contribution in [2.45, 2.75) is 39.2 Å². The van der Waals surface area contributed by atoms with Crippen molar-refractivity contribution in [3.05, 3.63) is 18.2 Å². The van der Waals surface area contributed by atoms with Crippen molar-refractivity contribution < 1.29 is 4.74 Å². The van der Waals surface area contributed by atoms with Gasteiger partial charge in [0.2, 0.25) is 0 Å². The molecule has 1 aliphatic rings. The van der Waals surface area contributed by atoms with Crippen molar-refractivity contribution >= 4 is 11.4 Å². The third-order valence-electron chi connectivity index (χ3n) is 3.73. The summed E-state index contributed by atoms with van der Waals surface area (Å²) >= 11 is 0. The summed E-state index contributed by atoms with van der Waals surface area (Å²) in [5.41, 5.74) is 7.78. The molecule has 4 nitrogen and oxygen atoms in total. The minimum Gasteiger partial charge on any atom is -0.493 e. The van der Waals surface area contributed by atoms with Gasteiger partial charge in [-0.05, 0) is 38.4 Å². The van der Waals surface area contributed by atoms with E-state index in [1.807, 2.05) is 12.1 Å². The monoisotopic (exact) mass is 277 g/mol. The lowest BCUT2D eigenvalue weighted by atomic mass is 10.1. The van der Waals surface area contributed by atoms with E-state index in [0.717, 1.165) is 43.2 Å². The molecule has 1 atom stereocenters. The molecular weight excluding hydrogens is 250 g/mol. The second kappa shape index (κ2) is 7.39. The Balaban J connectivity index is 1.99. The predicted octanol–water partition coefficient (Wildman–Crippen LogP) is 2.95. The second-order valence-corrected chi connectivity index (χ2v) is 5.52. The predicted molar refractivity (Wildman–Crippen MR) is 85.4 cm³/mol. The first-order valence-corrected chi connectivity index (χ1v) is 7.73. The molecule has 1 aromatic carbocycles. The number of hydrogen-bond donors (Lipinski definition) is 2. The van der Waals surface area contributed by atoms with Crippen LogP contribution in [0.4, 0.5) is 11.4 Å². The van der Waals surface area contributed by atoms with Gasteiger partial charge in [-0.25, -0.2) is 0 Å². The van der Waals surface area contributed by atoms with Crippen LogP contribution in [-0.2, 0) is 0 Å². The zero-order valence-corrected chi connectivity index (χ0v) is 12.7. The van der Waals surface area contributed by atoms with Gasteiger partial charge in [-0.3, -0.25) is 0 Å². The molecule has 1 saturated heterocycles. The van der Waals surface area contributed by atoms with Crippen molar-refractivity contribution in [2.24, 2.45) is 0 Å². The number of ether oxygens (including phenoxy) is 1. The average molecular weight is 277 g/mol. The summed E-state index contributed by atoms with van der Waals surface area (Å²) in [4.78, 5) is 2.49. The normalized spacial score (nSPS) is 19.8. The molecule has 4 heteroatoms. The van der Waals surface area contributed by atoms with Gasteiger partial charge in [0, 0.05) is 36.1 Å². The maximum Gasteiger partial charge on any atom is 0.123 e. The van der Waals surface area contributed by atoms with E-state index >= 15 is 0 Å². The lowest BCUT2D eigenvalue weighted by Crippen LogP contribution is -2.41. The smallest absolute Gasteiger partial charge is 0.123 e. The number of hydrogen-bond acceptors (Lipinski definition) is 4. The number of nitrogen functional groups attached to an aromatic ring is 1. The molecule has 20 heavy (non-hydrogen) atoms. The topological polar surface area (TPSA) is 50.5 Å². The van der Waals surface area contributed by atoms with Crippen molar-refractivity contribution in [1.82, 2.24) is 4.90 Å². The Kier molecular flexibility index (Phi) is 5.53. The van der Waals surface area contributed by atoms with Gasteiger partial charge in [0.1, 0.15) is 5.75 Å². The minimum absolute atomic E-state index is 0.504. The summed E-state index contributed by atoms with van der Waals surface area (Å²) in [6.07, 6.45) is 3.48. The Morgan fingerprint density at radius 3 is 2.95 bits per heavy atom. The van der Waals surface area contributed by atoms with Crippen LogP contribution in [0.3, 0.4) is 0 Å². The van der Waals surface area contributed by atoms with Gasteiger partial charge < -0.3 is 20.7 Å². The van der Waals surface area contributed by atoms with Crippen LogP contribution in [0.15, 0.2) is 18.2 Å². The summed E-state index contributed by atoms with van der Waals surface area (Å²) in [5.74, 6) is 0.859. The fourth-order valence-corrected chi connectivity index (χ4v) is 2.70. The molecular formula is C16H27N3O. The van der Waals surface area contributed by atoms with E-state index in [1.165, 1.54) is 19.4 Å². The molecule has 3 N–H and O–H groups in total. The molecule has 0 saturated carbocycles. The molecule has 1 aromatic rings. The highest BCUT2D eigenvalue weighted by molar-refractivity contribution is 5.59. The third kappa shape index (κ3) is 4.30.